The third kappa shape index (κ3) is 4.34. The van der Waals surface area contributed by atoms with E-state index in [1.165, 1.54) is 0 Å². The number of fused-ring (bicyclic) bond motifs is 2. The molecule has 2 aromatic carbocycles. The number of nitrogens with one attached hydrogen (secondary N) is 3. The maximum atomic E-state index is 13.3. The van der Waals surface area contributed by atoms with Gasteiger partial charge in [-0.25, -0.2) is 0 Å². The number of hydrogen-bond acceptors (Lipinski definition) is 2. The summed E-state index contributed by atoms with van der Waals surface area (Å²) in [7, 11) is 0. The van der Waals surface area contributed by atoms with E-state index in [4.69, 9.17) is 0 Å². The summed E-state index contributed by atoms with van der Waals surface area (Å²) in [5.74, 6) is -0.337. The second kappa shape index (κ2) is 9.35. The fraction of sp³-hybridized carbons (Fsp3) is 0.312. The highest BCUT2D eigenvalue weighted by atomic mass is 16.2. The predicted octanol–water partition coefficient (Wildman–Crippen LogP) is 5.28. The molecule has 1 saturated heterocycles. The van der Waals surface area contributed by atoms with Gasteiger partial charge in [-0.2, -0.15) is 0 Å². The van der Waals surface area contributed by atoms with Crippen LogP contribution in [0, 0.1) is 0 Å². The first-order valence-electron chi connectivity index (χ1n) is 13.1. The minimum absolute atomic E-state index is 0.168. The zero-order chi connectivity index (χ0) is 27.2. The highest BCUT2D eigenvalue weighted by molar-refractivity contribution is 5.98. The fourth-order valence-electron chi connectivity index (χ4n) is 5.44. The molecule has 0 aliphatic carbocycles. The summed E-state index contributed by atoms with van der Waals surface area (Å²) in [6.07, 6.45) is 6.70. The van der Waals surface area contributed by atoms with Crippen molar-refractivity contribution in [1.29, 1.82) is 0 Å². The van der Waals surface area contributed by atoms with E-state index in [9.17, 15) is 9.59 Å². The van der Waals surface area contributed by atoms with Gasteiger partial charge >= 0.3 is 0 Å². The normalized spacial score (nSPS) is 18.4. The zero-order valence-electron chi connectivity index (χ0n) is 22.6. The molecule has 2 atom stereocenters. The van der Waals surface area contributed by atoms with E-state index in [2.05, 4.69) is 85.4 Å². The Hall–Kier alpha value is -4.06. The van der Waals surface area contributed by atoms with Crippen LogP contribution in [0.15, 0.2) is 80.0 Å². The number of H-pyrrole nitrogens is 1. The number of aromatic nitrogens is 2. The molecular formula is C32H36N4O2. The molecule has 2 amide bonds. The lowest BCUT2D eigenvalue weighted by atomic mass is 9.84. The van der Waals surface area contributed by atoms with Crippen LogP contribution in [0.25, 0.3) is 21.8 Å². The molecule has 6 nitrogen and oxygen atoms in total. The Kier molecular flexibility index (Phi) is 6.30. The molecule has 196 valence electrons. The molecule has 6 heteroatoms. The second-order valence-electron chi connectivity index (χ2n) is 11.4. The van der Waals surface area contributed by atoms with Gasteiger partial charge < -0.3 is 20.2 Å². The van der Waals surface area contributed by atoms with Crippen LogP contribution in [-0.4, -0.2) is 33.4 Å². The number of amides is 2. The number of piperazine rings is 1. The predicted molar refractivity (Wildman–Crippen MR) is 154 cm³/mol. The van der Waals surface area contributed by atoms with Crippen molar-refractivity contribution >= 4 is 33.6 Å². The SMILES string of the molecule is C=CC(C)(C)c1[nH]c2ccccc2c1CC1NC(=O)C(Cc2cn(C(C)(C)C=C)c3ccccc23)NC1=O. The summed E-state index contributed by atoms with van der Waals surface area (Å²) in [6.45, 7) is 16.4. The van der Waals surface area contributed by atoms with Crippen LogP contribution in [-0.2, 0) is 33.4 Å². The summed E-state index contributed by atoms with van der Waals surface area (Å²) in [6, 6.07) is 14.9. The van der Waals surface area contributed by atoms with Gasteiger partial charge in [-0.1, -0.05) is 62.4 Å². The smallest absolute Gasteiger partial charge is 0.243 e. The van der Waals surface area contributed by atoms with Gasteiger partial charge in [0.25, 0.3) is 0 Å². The Balaban J connectivity index is 1.41. The lowest BCUT2D eigenvalue weighted by molar-refractivity contribution is -0.136. The zero-order valence-corrected chi connectivity index (χ0v) is 22.6. The first kappa shape index (κ1) is 25.6. The van der Waals surface area contributed by atoms with Crippen LogP contribution >= 0.6 is 0 Å². The van der Waals surface area contributed by atoms with Crippen LogP contribution in [0.4, 0.5) is 0 Å². The number of carbonyl (C=O) groups excluding carboxylic acids is 2. The number of carbonyl (C=O) groups is 2. The molecule has 4 aromatic rings. The van der Waals surface area contributed by atoms with Gasteiger partial charge in [0, 0.05) is 52.0 Å². The summed E-state index contributed by atoms with van der Waals surface area (Å²) >= 11 is 0. The molecule has 3 heterocycles. The average Bonchev–Trinajstić information content (AvgIpc) is 3.47. The van der Waals surface area contributed by atoms with Gasteiger partial charge in [0.05, 0.1) is 5.54 Å². The topological polar surface area (TPSA) is 78.9 Å². The van der Waals surface area contributed by atoms with Crippen molar-refractivity contribution in [2.45, 2.75) is 63.6 Å². The minimum Gasteiger partial charge on any atom is -0.357 e. The Morgan fingerprint density at radius 1 is 0.842 bits per heavy atom. The van der Waals surface area contributed by atoms with Crippen molar-refractivity contribution in [3.05, 3.63) is 96.9 Å². The molecule has 2 unspecified atom stereocenters. The standard InChI is InChI=1S/C32H36N4O2/c1-7-31(3,4)28-23(22-14-9-11-15-24(22)33-28)18-26-30(38)34-25(29(37)35-26)17-20-19-36(32(5,6)8-2)27-16-12-10-13-21(20)27/h7-16,19,25-26,33H,1-2,17-18H2,3-6H3,(H,34,38)(H,35,37). The number of benzene rings is 2. The van der Waals surface area contributed by atoms with Gasteiger partial charge in [-0.15, -0.1) is 13.2 Å². The van der Waals surface area contributed by atoms with Crippen LogP contribution in [0.3, 0.4) is 0 Å². The molecule has 0 saturated carbocycles. The van der Waals surface area contributed by atoms with Crippen LogP contribution in [0.5, 0.6) is 0 Å². The summed E-state index contributed by atoms with van der Waals surface area (Å²) in [5.41, 5.74) is 4.52. The van der Waals surface area contributed by atoms with Crippen molar-refractivity contribution in [2.75, 3.05) is 0 Å². The fourth-order valence-corrected chi connectivity index (χ4v) is 5.44. The summed E-state index contributed by atoms with van der Waals surface area (Å²) in [4.78, 5) is 30.2. The maximum Gasteiger partial charge on any atom is 0.243 e. The van der Waals surface area contributed by atoms with E-state index < -0.39 is 12.1 Å². The highest BCUT2D eigenvalue weighted by Gasteiger charge is 2.36. The number of para-hydroxylation sites is 2. The van der Waals surface area contributed by atoms with Crippen LogP contribution in [0.2, 0.25) is 0 Å². The molecule has 0 spiro atoms. The average molecular weight is 509 g/mol. The van der Waals surface area contributed by atoms with Crippen molar-refractivity contribution in [1.82, 2.24) is 20.2 Å². The van der Waals surface area contributed by atoms with E-state index in [0.29, 0.717) is 12.8 Å². The first-order valence-corrected chi connectivity index (χ1v) is 13.1. The Labute approximate surface area is 223 Å². The van der Waals surface area contributed by atoms with Gasteiger partial charge in [-0.3, -0.25) is 9.59 Å². The third-order valence-corrected chi connectivity index (χ3v) is 7.98. The van der Waals surface area contributed by atoms with Crippen molar-refractivity contribution < 1.29 is 9.59 Å². The van der Waals surface area contributed by atoms with Crippen LogP contribution in [0.1, 0.15) is 44.5 Å². The van der Waals surface area contributed by atoms with Gasteiger partial charge in [0.1, 0.15) is 12.1 Å². The maximum absolute atomic E-state index is 13.3. The molecule has 1 fully saturated rings. The Morgan fingerprint density at radius 3 is 2.11 bits per heavy atom. The number of hydrogen-bond donors (Lipinski definition) is 3. The monoisotopic (exact) mass is 508 g/mol. The lowest BCUT2D eigenvalue weighted by Gasteiger charge is -2.30. The first-order chi connectivity index (χ1) is 18.1. The quantitative estimate of drug-likeness (QED) is 0.283. The highest BCUT2D eigenvalue weighted by Crippen LogP contribution is 2.34. The van der Waals surface area contributed by atoms with Crippen LogP contribution < -0.4 is 10.6 Å². The van der Waals surface area contributed by atoms with E-state index in [0.717, 1.165) is 38.6 Å². The van der Waals surface area contributed by atoms with Crippen molar-refractivity contribution in [2.24, 2.45) is 0 Å². The number of aromatic amines is 1. The molecule has 1 aliphatic heterocycles. The molecule has 1 aliphatic rings. The molecule has 2 aromatic heterocycles. The van der Waals surface area contributed by atoms with E-state index >= 15 is 0 Å². The Bertz CT molecular complexity index is 1570. The van der Waals surface area contributed by atoms with E-state index in [1.54, 1.807) is 0 Å². The molecule has 3 N–H and O–H groups in total. The summed E-state index contributed by atoms with van der Waals surface area (Å²) < 4.78 is 2.18. The van der Waals surface area contributed by atoms with Crippen molar-refractivity contribution in [3.63, 3.8) is 0 Å². The molecule has 5 rings (SSSR count). The molecule has 0 radical (unpaired) electrons. The molecular weight excluding hydrogens is 472 g/mol. The van der Waals surface area contributed by atoms with Gasteiger partial charge in [0.2, 0.25) is 11.8 Å². The van der Waals surface area contributed by atoms with Crippen molar-refractivity contribution in [3.8, 4) is 0 Å². The number of allylic oxidation sites excluding steroid dienone is 2. The molecule has 0 bridgehead atoms. The number of nitrogens with zero attached hydrogens (tertiary/aromatic N) is 1. The largest absolute Gasteiger partial charge is 0.357 e. The third-order valence-electron chi connectivity index (χ3n) is 7.98. The van der Waals surface area contributed by atoms with E-state index in [1.807, 2.05) is 42.5 Å². The molecule has 38 heavy (non-hydrogen) atoms. The second-order valence-corrected chi connectivity index (χ2v) is 11.4. The number of rotatable bonds is 8. The Morgan fingerprint density at radius 2 is 1.45 bits per heavy atom. The van der Waals surface area contributed by atoms with Gasteiger partial charge in [0.15, 0.2) is 0 Å². The van der Waals surface area contributed by atoms with Gasteiger partial charge in [-0.05, 0) is 37.1 Å². The van der Waals surface area contributed by atoms with E-state index in [-0.39, 0.29) is 22.8 Å². The minimum atomic E-state index is -0.654. The summed E-state index contributed by atoms with van der Waals surface area (Å²) in [5, 5.41) is 8.16. The lowest BCUT2D eigenvalue weighted by Crippen LogP contribution is -2.62.